The fourth-order valence-electron chi connectivity index (χ4n) is 6.16. The minimum atomic E-state index is 0.177. The van der Waals surface area contributed by atoms with Gasteiger partial charge in [-0.2, -0.15) is 0 Å². The largest absolute Gasteiger partial charge is 0.325 e. The highest BCUT2D eigenvalue weighted by Crippen LogP contribution is 2.41. The summed E-state index contributed by atoms with van der Waals surface area (Å²) in [5.74, 6) is 2.63. The third kappa shape index (κ3) is 4.77. The van der Waals surface area contributed by atoms with Gasteiger partial charge in [0, 0.05) is 35.2 Å². The normalized spacial score (nSPS) is 21.7. The van der Waals surface area contributed by atoms with Crippen LogP contribution in [0.25, 0.3) is 11.0 Å². The fourth-order valence-corrected chi connectivity index (χ4v) is 6.97. The van der Waals surface area contributed by atoms with Gasteiger partial charge in [0.05, 0.1) is 15.9 Å². The molecule has 2 aliphatic rings. The van der Waals surface area contributed by atoms with E-state index in [9.17, 15) is 9.59 Å². The van der Waals surface area contributed by atoms with E-state index in [-0.39, 0.29) is 5.78 Å². The van der Waals surface area contributed by atoms with Crippen molar-refractivity contribution < 1.29 is 9.59 Å². The molecule has 2 aromatic heterocycles. The average Bonchev–Trinajstić information content (AvgIpc) is 3.47. The van der Waals surface area contributed by atoms with Crippen LogP contribution in [0.5, 0.6) is 0 Å². The number of hydrogen-bond acceptors (Lipinski definition) is 4. The molecule has 0 unspecified atom stereocenters. The molecular weight excluding hydrogens is 440 g/mol. The van der Waals surface area contributed by atoms with Gasteiger partial charge in [-0.25, -0.2) is 4.98 Å². The molecule has 0 saturated heterocycles. The van der Waals surface area contributed by atoms with E-state index in [1.165, 1.54) is 48.3 Å². The molecule has 180 valence electrons. The van der Waals surface area contributed by atoms with Crippen molar-refractivity contribution in [2.24, 2.45) is 5.92 Å². The first-order chi connectivity index (χ1) is 16.5. The highest BCUT2D eigenvalue weighted by Gasteiger charge is 2.31. The number of carbonyl (C=O) groups is 2. The Bertz CT molecular complexity index is 1180. The molecule has 34 heavy (non-hydrogen) atoms. The van der Waals surface area contributed by atoms with E-state index in [4.69, 9.17) is 4.98 Å². The Balaban J connectivity index is 1.45. The van der Waals surface area contributed by atoms with Crippen molar-refractivity contribution in [1.82, 2.24) is 9.55 Å². The van der Waals surface area contributed by atoms with Gasteiger partial charge >= 0.3 is 0 Å². The Kier molecular flexibility index (Phi) is 7.01. The van der Waals surface area contributed by atoms with Crippen molar-refractivity contribution >= 4 is 33.9 Å². The van der Waals surface area contributed by atoms with Gasteiger partial charge in [0.25, 0.3) is 0 Å². The van der Waals surface area contributed by atoms with Crippen molar-refractivity contribution in [3.8, 4) is 0 Å². The molecule has 2 aliphatic carbocycles. The Morgan fingerprint density at radius 2 is 1.82 bits per heavy atom. The van der Waals surface area contributed by atoms with Gasteiger partial charge in [-0.3, -0.25) is 9.59 Å². The first kappa shape index (κ1) is 23.5. The summed E-state index contributed by atoms with van der Waals surface area (Å²) in [6, 6.07) is 10.5. The van der Waals surface area contributed by atoms with Gasteiger partial charge < -0.3 is 4.57 Å². The quantitative estimate of drug-likeness (QED) is 0.324. The van der Waals surface area contributed by atoms with Crippen LogP contribution in [0.15, 0.2) is 30.3 Å². The molecule has 2 heterocycles. The highest BCUT2D eigenvalue weighted by molar-refractivity contribution is 7.14. The first-order valence-electron chi connectivity index (χ1n) is 13.2. The van der Waals surface area contributed by atoms with E-state index in [0.29, 0.717) is 36.5 Å². The number of carbonyl (C=O) groups excluding carboxylic acids is 2. The molecule has 0 bridgehead atoms. The predicted molar refractivity (Wildman–Crippen MR) is 139 cm³/mol. The average molecular weight is 477 g/mol. The molecule has 0 aliphatic heterocycles. The molecule has 2 atom stereocenters. The third-order valence-electron chi connectivity index (χ3n) is 7.94. The number of rotatable bonds is 7. The summed E-state index contributed by atoms with van der Waals surface area (Å²) in [7, 11) is 0. The van der Waals surface area contributed by atoms with Gasteiger partial charge in [0.15, 0.2) is 11.6 Å². The lowest BCUT2D eigenvalue weighted by Gasteiger charge is -2.33. The summed E-state index contributed by atoms with van der Waals surface area (Å²) in [4.78, 5) is 32.6. The van der Waals surface area contributed by atoms with Crippen molar-refractivity contribution in [2.75, 3.05) is 0 Å². The second-order valence-corrected chi connectivity index (χ2v) is 11.7. The molecule has 0 spiro atoms. The molecule has 0 amide bonds. The topological polar surface area (TPSA) is 52.0 Å². The van der Waals surface area contributed by atoms with Crippen LogP contribution in [0.3, 0.4) is 0 Å². The summed E-state index contributed by atoms with van der Waals surface area (Å²) in [6.45, 7) is 3.98. The summed E-state index contributed by atoms with van der Waals surface area (Å²) < 4.78 is 2.53. The molecule has 2 saturated carbocycles. The van der Waals surface area contributed by atoms with Crippen molar-refractivity contribution in [2.45, 2.75) is 96.4 Å². The molecular formula is C29H36N2O2S. The number of thiophene rings is 1. The Morgan fingerprint density at radius 3 is 2.56 bits per heavy atom. The van der Waals surface area contributed by atoms with E-state index >= 15 is 0 Å². The second kappa shape index (κ2) is 10.2. The van der Waals surface area contributed by atoms with Crippen molar-refractivity contribution in [3.05, 3.63) is 51.5 Å². The number of hydrogen-bond donors (Lipinski definition) is 0. The van der Waals surface area contributed by atoms with E-state index in [0.717, 1.165) is 41.6 Å². The molecule has 2 fully saturated rings. The van der Waals surface area contributed by atoms with Crippen LogP contribution in [0.1, 0.15) is 120 Å². The molecule has 0 N–H and O–H groups in total. The zero-order chi connectivity index (χ0) is 23.7. The van der Waals surface area contributed by atoms with Crippen LogP contribution in [-0.2, 0) is 0 Å². The summed E-state index contributed by atoms with van der Waals surface area (Å²) in [5.41, 5.74) is 2.90. The SMILES string of the molecule is CCC(=O)c1ccc2c(c1)nc(C1CCCCC1)n2[C@@H]1CCC[C@H](CC(=O)c2ccc(C)s2)C1. The van der Waals surface area contributed by atoms with Gasteiger partial charge in [-0.15, -0.1) is 11.3 Å². The number of nitrogens with zero attached hydrogens (tertiary/aromatic N) is 2. The number of aryl methyl sites for hydroxylation is 1. The van der Waals surface area contributed by atoms with Gasteiger partial charge in [-0.1, -0.05) is 32.6 Å². The number of Topliss-reactive ketones (excluding diaryl/α,β-unsaturated/α-hetero) is 2. The molecule has 5 heteroatoms. The molecule has 3 aromatic rings. The maximum Gasteiger partial charge on any atom is 0.173 e. The number of imidazole rings is 1. The lowest BCUT2D eigenvalue weighted by Crippen LogP contribution is -2.24. The van der Waals surface area contributed by atoms with Crippen molar-refractivity contribution in [3.63, 3.8) is 0 Å². The standard InChI is InChI=1S/C29H36N2O2S/c1-3-26(32)22-13-14-25-24(18-22)30-29(21-9-5-4-6-10-21)31(25)23-11-7-8-20(16-23)17-27(33)28-15-12-19(2)34-28/h12-15,18,20-21,23H,3-11,16-17H2,1-2H3/t20-,23+/m0/s1. The maximum atomic E-state index is 12.9. The summed E-state index contributed by atoms with van der Waals surface area (Å²) >= 11 is 1.62. The number of aromatic nitrogens is 2. The van der Waals surface area contributed by atoms with Gasteiger partial charge in [0.1, 0.15) is 5.82 Å². The number of ketones is 2. The Hall–Kier alpha value is -2.27. The molecule has 0 radical (unpaired) electrons. The highest BCUT2D eigenvalue weighted by atomic mass is 32.1. The minimum absolute atomic E-state index is 0.177. The lowest BCUT2D eigenvalue weighted by molar-refractivity contribution is 0.0943. The Labute approximate surface area is 206 Å². The smallest absolute Gasteiger partial charge is 0.173 e. The number of benzene rings is 1. The van der Waals surface area contributed by atoms with Crippen LogP contribution < -0.4 is 0 Å². The minimum Gasteiger partial charge on any atom is -0.325 e. The van der Waals surface area contributed by atoms with Crippen LogP contribution in [0.4, 0.5) is 0 Å². The van der Waals surface area contributed by atoms with Crippen molar-refractivity contribution in [1.29, 1.82) is 0 Å². The zero-order valence-corrected chi connectivity index (χ0v) is 21.3. The van der Waals surface area contributed by atoms with Crippen LogP contribution in [0.2, 0.25) is 0 Å². The van der Waals surface area contributed by atoms with Crippen LogP contribution in [0, 0.1) is 12.8 Å². The number of fused-ring (bicyclic) bond motifs is 1. The maximum absolute atomic E-state index is 12.9. The monoisotopic (exact) mass is 476 g/mol. The van der Waals surface area contributed by atoms with Crippen LogP contribution in [-0.4, -0.2) is 21.1 Å². The van der Waals surface area contributed by atoms with E-state index in [1.54, 1.807) is 11.3 Å². The van der Waals surface area contributed by atoms with Gasteiger partial charge in [-0.05, 0) is 75.3 Å². The fraction of sp³-hybridized carbons (Fsp3) is 0.552. The predicted octanol–water partition coefficient (Wildman–Crippen LogP) is 8.05. The van der Waals surface area contributed by atoms with E-state index < -0.39 is 0 Å². The third-order valence-corrected chi connectivity index (χ3v) is 8.98. The zero-order valence-electron chi connectivity index (χ0n) is 20.5. The van der Waals surface area contributed by atoms with E-state index in [2.05, 4.69) is 17.6 Å². The second-order valence-electron chi connectivity index (χ2n) is 10.4. The summed E-state index contributed by atoms with van der Waals surface area (Å²) in [6.07, 6.45) is 11.9. The summed E-state index contributed by atoms with van der Waals surface area (Å²) in [5, 5.41) is 0. The first-order valence-corrected chi connectivity index (χ1v) is 14.0. The lowest BCUT2D eigenvalue weighted by atomic mass is 9.82. The van der Waals surface area contributed by atoms with E-state index in [1.807, 2.05) is 31.2 Å². The Morgan fingerprint density at radius 1 is 1.00 bits per heavy atom. The van der Waals surface area contributed by atoms with Crippen LogP contribution >= 0.6 is 11.3 Å². The molecule has 5 rings (SSSR count). The van der Waals surface area contributed by atoms with Gasteiger partial charge in [0.2, 0.25) is 0 Å². The molecule has 1 aromatic carbocycles. The molecule has 4 nitrogen and oxygen atoms in total.